The molecule has 0 saturated carbocycles. The van der Waals surface area contributed by atoms with Gasteiger partial charge in [-0.3, -0.25) is 4.79 Å². The quantitative estimate of drug-likeness (QED) is 0.842. The van der Waals surface area contributed by atoms with Gasteiger partial charge in [-0.15, -0.1) is 0 Å². The SMILES string of the molecule is COc1cccc(/C=C2\Oc3cc(OC(C)C(=O)O)ccc3C2=O)c1. The van der Waals surface area contributed by atoms with Crippen molar-refractivity contribution in [3.8, 4) is 17.2 Å². The van der Waals surface area contributed by atoms with Crippen LogP contribution in [0.2, 0.25) is 0 Å². The fourth-order valence-corrected chi connectivity index (χ4v) is 2.38. The minimum Gasteiger partial charge on any atom is -0.497 e. The summed E-state index contributed by atoms with van der Waals surface area (Å²) in [6.45, 7) is 1.43. The maximum Gasteiger partial charge on any atom is 0.344 e. The average Bonchev–Trinajstić information content (AvgIpc) is 2.90. The highest BCUT2D eigenvalue weighted by molar-refractivity contribution is 6.14. The van der Waals surface area contributed by atoms with Crippen molar-refractivity contribution in [3.63, 3.8) is 0 Å². The van der Waals surface area contributed by atoms with E-state index in [4.69, 9.17) is 19.3 Å². The van der Waals surface area contributed by atoms with Crippen LogP contribution >= 0.6 is 0 Å². The van der Waals surface area contributed by atoms with Gasteiger partial charge < -0.3 is 19.3 Å². The van der Waals surface area contributed by atoms with Gasteiger partial charge in [-0.25, -0.2) is 4.79 Å². The Bertz CT molecular complexity index is 868. The number of methoxy groups -OCH3 is 1. The molecule has 1 aliphatic rings. The lowest BCUT2D eigenvalue weighted by molar-refractivity contribution is -0.144. The van der Waals surface area contributed by atoms with Crippen LogP contribution in [-0.4, -0.2) is 30.1 Å². The number of ether oxygens (including phenoxy) is 3. The Kier molecular flexibility index (Phi) is 4.43. The Hall–Kier alpha value is -3.28. The summed E-state index contributed by atoms with van der Waals surface area (Å²) in [7, 11) is 1.57. The summed E-state index contributed by atoms with van der Waals surface area (Å²) in [5.41, 5.74) is 1.18. The molecule has 3 rings (SSSR count). The molecular formula is C19H16O6. The van der Waals surface area contributed by atoms with Gasteiger partial charge in [0.2, 0.25) is 5.78 Å². The molecule has 0 aromatic heterocycles. The van der Waals surface area contributed by atoms with Gasteiger partial charge in [-0.05, 0) is 42.8 Å². The summed E-state index contributed by atoms with van der Waals surface area (Å²) in [5.74, 6) is 0.215. The molecule has 25 heavy (non-hydrogen) atoms. The molecule has 1 heterocycles. The highest BCUT2D eigenvalue weighted by Crippen LogP contribution is 2.35. The van der Waals surface area contributed by atoms with Crippen molar-refractivity contribution >= 4 is 17.8 Å². The molecule has 128 valence electrons. The van der Waals surface area contributed by atoms with Gasteiger partial charge in [0.15, 0.2) is 11.9 Å². The van der Waals surface area contributed by atoms with E-state index in [9.17, 15) is 9.59 Å². The Morgan fingerprint density at radius 2 is 2.00 bits per heavy atom. The number of rotatable bonds is 5. The number of carboxylic acids is 1. The number of carboxylic acid groups (broad SMARTS) is 1. The van der Waals surface area contributed by atoms with Crippen molar-refractivity contribution in [2.24, 2.45) is 0 Å². The maximum absolute atomic E-state index is 12.4. The number of Topliss-reactive ketones (excluding diaryl/α,β-unsaturated/α-hetero) is 1. The van der Waals surface area contributed by atoms with Crippen LogP contribution in [-0.2, 0) is 4.79 Å². The van der Waals surface area contributed by atoms with E-state index in [1.807, 2.05) is 12.1 Å². The molecule has 1 atom stereocenters. The smallest absolute Gasteiger partial charge is 0.344 e. The number of fused-ring (bicyclic) bond motifs is 1. The Balaban J connectivity index is 1.85. The molecule has 0 saturated heterocycles. The van der Waals surface area contributed by atoms with Gasteiger partial charge in [0.1, 0.15) is 17.2 Å². The summed E-state index contributed by atoms with van der Waals surface area (Å²) in [6, 6.07) is 11.9. The highest BCUT2D eigenvalue weighted by atomic mass is 16.5. The van der Waals surface area contributed by atoms with Crippen LogP contribution in [0.3, 0.4) is 0 Å². The predicted octanol–water partition coefficient (Wildman–Crippen LogP) is 3.16. The van der Waals surface area contributed by atoms with Crippen LogP contribution < -0.4 is 14.2 Å². The van der Waals surface area contributed by atoms with Gasteiger partial charge in [0.25, 0.3) is 0 Å². The molecule has 0 aliphatic carbocycles. The van der Waals surface area contributed by atoms with Crippen molar-refractivity contribution in [1.29, 1.82) is 0 Å². The van der Waals surface area contributed by atoms with Gasteiger partial charge in [0.05, 0.1) is 12.7 Å². The highest BCUT2D eigenvalue weighted by Gasteiger charge is 2.28. The molecule has 6 heteroatoms. The van der Waals surface area contributed by atoms with E-state index >= 15 is 0 Å². The summed E-state index contributed by atoms with van der Waals surface area (Å²) in [5, 5.41) is 8.90. The maximum atomic E-state index is 12.4. The Labute approximate surface area is 144 Å². The summed E-state index contributed by atoms with van der Waals surface area (Å²) >= 11 is 0. The number of hydrogen-bond donors (Lipinski definition) is 1. The van der Waals surface area contributed by atoms with Crippen LogP contribution in [0, 0.1) is 0 Å². The van der Waals surface area contributed by atoms with Gasteiger partial charge in [-0.1, -0.05) is 12.1 Å². The van der Waals surface area contributed by atoms with Crippen LogP contribution in [0.5, 0.6) is 17.2 Å². The second-order valence-corrected chi connectivity index (χ2v) is 5.47. The van der Waals surface area contributed by atoms with Crippen molar-refractivity contribution < 1.29 is 28.9 Å². The monoisotopic (exact) mass is 340 g/mol. The zero-order chi connectivity index (χ0) is 18.0. The molecule has 0 spiro atoms. The van der Waals surface area contributed by atoms with E-state index in [-0.39, 0.29) is 11.5 Å². The predicted molar refractivity (Wildman–Crippen MR) is 90.1 cm³/mol. The van der Waals surface area contributed by atoms with Crippen molar-refractivity contribution in [2.75, 3.05) is 7.11 Å². The zero-order valence-corrected chi connectivity index (χ0v) is 13.7. The summed E-state index contributed by atoms with van der Waals surface area (Å²) < 4.78 is 16.1. The first kappa shape index (κ1) is 16.6. The molecule has 1 unspecified atom stereocenters. The van der Waals surface area contributed by atoms with E-state index in [0.29, 0.717) is 22.8 Å². The second-order valence-electron chi connectivity index (χ2n) is 5.47. The van der Waals surface area contributed by atoms with Crippen LogP contribution in [0.15, 0.2) is 48.2 Å². The number of hydrogen-bond acceptors (Lipinski definition) is 5. The third-order valence-electron chi connectivity index (χ3n) is 3.69. The molecule has 1 aliphatic heterocycles. The van der Waals surface area contributed by atoms with Crippen molar-refractivity contribution in [1.82, 2.24) is 0 Å². The van der Waals surface area contributed by atoms with Crippen molar-refractivity contribution in [2.45, 2.75) is 13.0 Å². The molecule has 2 aromatic carbocycles. The minimum absolute atomic E-state index is 0.187. The number of ketones is 1. The zero-order valence-electron chi connectivity index (χ0n) is 13.7. The summed E-state index contributed by atoms with van der Waals surface area (Å²) in [6.07, 6.45) is 0.632. The van der Waals surface area contributed by atoms with Gasteiger partial charge in [-0.2, -0.15) is 0 Å². The van der Waals surface area contributed by atoms with E-state index < -0.39 is 12.1 Å². The third-order valence-corrected chi connectivity index (χ3v) is 3.69. The van der Waals surface area contributed by atoms with Gasteiger partial charge in [0, 0.05) is 6.07 Å². The molecule has 2 aromatic rings. The lowest BCUT2D eigenvalue weighted by Gasteiger charge is -2.10. The Morgan fingerprint density at radius 1 is 1.20 bits per heavy atom. The largest absolute Gasteiger partial charge is 0.497 e. The fourth-order valence-electron chi connectivity index (χ4n) is 2.38. The molecule has 0 fully saturated rings. The molecule has 1 N–H and O–H groups in total. The average molecular weight is 340 g/mol. The van der Waals surface area contributed by atoms with E-state index in [1.165, 1.54) is 13.0 Å². The molecule has 0 amide bonds. The molecule has 6 nitrogen and oxygen atoms in total. The standard InChI is InChI=1S/C19H16O6/c1-11(19(21)22)24-14-6-7-15-16(10-14)25-17(18(15)20)9-12-4-3-5-13(8-12)23-2/h3-11H,1-2H3,(H,21,22)/b17-9-. The number of benzene rings is 2. The molecular weight excluding hydrogens is 324 g/mol. The lowest BCUT2D eigenvalue weighted by Crippen LogP contribution is -2.22. The second kappa shape index (κ2) is 6.68. The van der Waals surface area contributed by atoms with Crippen LogP contribution in [0.25, 0.3) is 6.08 Å². The first-order valence-corrected chi connectivity index (χ1v) is 7.60. The number of aliphatic carboxylic acids is 1. The van der Waals surface area contributed by atoms with Crippen LogP contribution in [0.1, 0.15) is 22.8 Å². The van der Waals surface area contributed by atoms with Gasteiger partial charge >= 0.3 is 5.97 Å². The van der Waals surface area contributed by atoms with E-state index in [2.05, 4.69) is 0 Å². The fraction of sp³-hybridized carbons (Fsp3) is 0.158. The topological polar surface area (TPSA) is 82.1 Å². The minimum atomic E-state index is -1.07. The van der Waals surface area contributed by atoms with Crippen LogP contribution in [0.4, 0.5) is 0 Å². The first-order valence-electron chi connectivity index (χ1n) is 7.60. The number of allylic oxidation sites excluding steroid dienone is 1. The van der Waals surface area contributed by atoms with E-state index in [1.54, 1.807) is 37.5 Å². The van der Waals surface area contributed by atoms with Crippen molar-refractivity contribution in [3.05, 3.63) is 59.4 Å². The molecule has 0 radical (unpaired) electrons. The number of carbonyl (C=O) groups is 2. The first-order chi connectivity index (χ1) is 12.0. The third kappa shape index (κ3) is 3.47. The van der Waals surface area contributed by atoms with E-state index in [0.717, 1.165) is 5.56 Å². The number of carbonyl (C=O) groups excluding carboxylic acids is 1. The normalized spacial score (nSPS) is 15.4. The Morgan fingerprint density at radius 3 is 2.72 bits per heavy atom. The lowest BCUT2D eigenvalue weighted by atomic mass is 10.1. The summed E-state index contributed by atoms with van der Waals surface area (Å²) in [4.78, 5) is 23.3. The molecule has 0 bridgehead atoms.